The lowest BCUT2D eigenvalue weighted by atomic mass is 10.2. The second-order valence-electron chi connectivity index (χ2n) is 5.28. The van der Waals surface area contributed by atoms with E-state index in [1.807, 2.05) is 31.3 Å². The molecule has 21 heavy (non-hydrogen) atoms. The van der Waals surface area contributed by atoms with Gasteiger partial charge in [0.05, 0.1) is 11.9 Å². The Morgan fingerprint density at radius 2 is 1.86 bits per heavy atom. The normalized spacial score (nSPS) is 11.0. The molecule has 0 fully saturated rings. The quantitative estimate of drug-likeness (QED) is 0.697. The summed E-state index contributed by atoms with van der Waals surface area (Å²) in [5.74, 6) is 1.01. The van der Waals surface area contributed by atoms with E-state index < -0.39 is 0 Å². The first-order valence-electron chi connectivity index (χ1n) is 7.73. The lowest BCUT2D eigenvalue weighted by molar-refractivity contribution is 0.282. The molecule has 0 saturated carbocycles. The van der Waals surface area contributed by atoms with Crippen LogP contribution in [0.25, 0.3) is 5.69 Å². The number of aromatic nitrogens is 2. The van der Waals surface area contributed by atoms with Gasteiger partial charge in [0.1, 0.15) is 5.82 Å². The molecule has 2 rings (SSSR count). The zero-order chi connectivity index (χ0) is 14.9. The van der Waals surface area contributed by atoms with Crippen LogP contribution in [0.15, 0.2) is 36.5 Å². The molecule has 1 aromatic heterocycles. The van der Waals surface area contributed by atoms with Crippen molar-refractivity contribution in [2.75, 3.05) is 13.2 Å². The van der Waals surface area contributed by atoms with E-state index in [1.54, 1.807) is 0 Å². The maximum Gasteiger partial charge on any atom is 0.110 e. The van der Waals surface area contributed by atoms with Crippen LogP contribution in [-0.4, -0.2) is 27.8 Å². The number of hydrogen-bond acceptors (Lipinski definition) is 3. The molecule has 1 aromatic carbocycles. The van der Waals surface area contributed by atoms with Crippen LogP contribution in [-0.2, 0) is 6.54 Å². The molecule has 4 nitrogen and oxygen atoms in total. The Kier molecular flexibility index (Phi) is 6.44. The highest BCUT2D eigenvalue weighted by Crippen LogP contribution is 2.14. The highest BCUT2D eigenvalue weighted by Gasteiger charge is 2.07. The molecular weight excluding hydrogens is 262 g/mol. The van der Waals surface area contributed by atoms with Crippen molar-refractivity contribution in [1.29, 1.82) is 0 Å². The van der Waals surface area contributed by atoms with Gasteiger partial charge in [-0.1, -0.05) is 31.0 Å². The third kappa shape index (κ3) is 4.69. The molecule has 0 atom stereocenters. The Hall–Kier alpha value is -1.65. The molecule has 4 heteroatoms. The molecule has 0 spiro atoms. The number of aryl methyl sites for hydroxylation is 1. The molecule has 0 aliphatic heterocycles. The number of rotatable bonds is 9. The van der Waals surface area contributed by atoms with E-state index in [1.165, 1.54) is 12.1 Å². The van der Waals surface area contributed by atoms with E-state index in [4.69, 9.17) is 5.11 Å². The van der Waals surface area contributed by atoms with Crippen LogP contribution in [0.5, 0.6) is 0 Å². The Bertz CT molecular complexity index is 522. The van der Waals surface area contributed by atoms with Crippen molar-refractivity contribution < 1.29 is 5.11 Å². The number of nitrogens with zero attached hydrogens (tertiary/aromatic N) is 2. The average molecular weight is 287 g/mol. The summed E-state index contributed by atoms with van der Waals surface area (Å²) in [6.45, 7) is 4.18. The molecule has 0 bridgehead atoms. The van der Waals surface area contributed by atoms with Gasteiger partial charge in [0.25, 0.3) is 0 Å². The smallest absolute Gasteiger partial charge is 0.110 e. The highest BCUT2D eigenvalue weighted by molar-refractivity contribution is 5.35. The number of para-hydroxylation sites is 1. The van der Waals surface area contributed by atoms with Gasteiger partial charge in [-0.2, -0.15) is 0 Å². The van der Waals surface area contributed by atoms with Crippen molar-refractivity contribution in [3.63, 3.8) is 0 Å². The summed E-state index contributed by atoms with van der Waals surface area (Å²) < 4.78 is 2.19. The van der Waals surface area contributed by atoms with Gasteiger partial charge < -0.3 is 10.4 Å². The maximum absolute atomic E-state index is 8.73. The fourth-order valence-electron chi connectivity index (χ4n) is 2.48. The Morgan fingerprint density at radius 1 is 1.10 bits per heavy atom. The molecule has 0 aliphatic carbocycles. The second-order valence-corrected chi connectivity index (χ2v) is 5.28. The molecule has 0 amide bonds. The van der Waals surface area contributed by atoms with Crippen LogP contribution in [0.1, 0.15) is 37.2 Å². The summed E-state index contributed by atoms with van der Waals surface area (Å²) in [7, 11) is 0. The first-order valence-corrected chi connectivity index (χ1v) is 7.73. The Morgan fingerprint density at radius 3 is 2.62 bits per heavy atom. The summed E-state index contributed by atoms with van der Waals surface area (Å²) in [5.41, 5.74) is 2.35. The molecule has 2 aromatic rings. The SMILES string of the molecule is Cc1ncc(CNCCCCCCO)n1-c1ccccc1. The number of imidazole rings is 1. The fraction of sp³-hybridized carbons (Fsp3) is 0.471. The zero-order valence-electron chi connectivity index (χ0n) is 12.8. The Labute approximate surface area is 126 Å². The average Bonchev–Trinajstić information content (AvgIpc) is 2.88. The summed E-state index contributed by atoms with van der Waals surface area (Å²) in [6, 6.07) is 10.3. The third-order valence-corrected chi connectivity index (χ3v) is 3.59. The van der Waals surface area contributed by atoms with E-state index in [9.17, 15) is 0 Å². The first kappa shape index (κ1) is 15.7. The maximum atomic E-state index is 8.73. The van der Waals surface area contributed by atoms with Crippen LogP contribution in [0.3, 0.4) is 0 Å². The lowest BCUT2D eigenvalue weighted by Crippen LogP contribution is -2.17. The summed E-state index contributed by atoms with van der Waals surface area (Å²) in [4.78, 5) is 4.43. The van der Waals surface area contributed by atoms with Crippen LogP contribution < -0.4 is 5.32 Å². The molecule has 0 saturated heterocycles. The number of nitrogens with one attached hydrogen (secondary N) is 1. The van der Waals surface area contributed by atoms with Gasteiger partial charge in [0.15, 0.2) is 0 Å². The van der Waals surface area contributed by atoms with Gasteiger partial charge in [0, 0.05) is 18.8 Å². The van der Waals surface area contributed by atoms with Gasteiger partial charge in [-0.3, -0.25) is 4.57 Å². The summed E-state index contributed by atoms with van der Waals surface area (Å²) in [6.07, 6.45) is 6.29. The van der Waals surface area contributed by atoms with Crippen molar-refractivity contribution in [3.8, 4) is 5.69 Å². The van der Waals surface area contributed by atoms with E-state index in [2.05, 4.69) is 27.0 Å². The van der Waals surface area contributed by atoms with Crippen LogP contribution in [0, 0.1) is 6.92 Å². The molecule has 0 unspecified atom stereocenters. The van der Waals surface area contributed by atoms with Crippen molar-refractivity contribution in [3.05, 3.63) is 48.0 Å². The number of hydrogen-bond donors (Lipinski definition) is 2. The molecule has 0 aliphatic rings. The van der Waals surface area contributed by atoms with Gasteiger partial charge in [-0.25, -0.2) is 4.98 Å². The monoisotopic (exact) mass is 287 g/mol. The molecule has 0 radical (unpaired) electrons. The summed E-state index contributed by atoms with van der Waals surface area (Å²) >= 11 is 0. The molecule has 2 N–H and O–H groups in total. The van der Waals surface area contributed by atoms with E-state index >= 15 is 0 Å². The number of benzene rings is 1. The van der Waals surface area contributed by atoms with Gasteiger partial charge in [0.2, 0.25) is 0 Å². The zero-order valence-corrected chi connectivity index (χ0v) is 12.8. The van der Waals surface area contributed by atoms with Crippen molar-refractivity contribution in [2.45, 2.75) is 39.2 Å². The van der Waals surface area contributed by atoms with Gasteiger partial charge in [-0.05, 0) is 38.4 Å². The van der Waals surface area contributed by atoms with Gasteiger partial charge in [-0.15, -0.1) is 0 Å². The van der Waals surface area contributed by atoms with Crippen molar-refractivity contribution >= 4 is 0 Å². The first-order chi connectivity index (χ1) is 10.3. The molecule has 114 valence electrons. The predicted molar refractivity (Wildman–Crippen MR) is 85.6 cm³/mol. The Balaban J connectivity index is 1.84. The van der Waals surface area contributed by atoms with Gasteiger partial charge >= 0.3 is 0 Å². The van der Waals surface area contributed by atoms with Crippen LogP contribution in [0.4, 0.5) is 0 Å². The van der Waals surface area contributed by atoms with E-state index in [0.29, 0.717) is 6.61 Å². The standard InChI is InChI=1S/C17H25N3O/c1-15-19-14-17(13-18-11-7-2-3-8-12-21)20(15)16-9-5-4-6-10-16/h4-6,9-10,14,18,21H,2-3,7-8,11-13H2,1H3. The lowest BCUT2D eigenvalue weighted by Gasteiger charge is -2.11. The van der Waals surface area contributed by atoms with Crippen LogP contribution >= 0.6 is 0 Å². The minimum Gasteiger partial charge on any atom is -0.396 e. The highest BCUT2D eigenvalue weighted by atomic mass is 16.2. The predicted octanol–water partition coefficient (Wildman–Crippen LogP) is 2.82. The number of unbranched alkanes of at least 4 members (excludes halogenated alkanes) is 3. The minimum absolute atomic E-state index is 0.308. The summed E-state index contributed by atoms with van der Waals surface area (Å²) in [5, 5.41) is 12.2. The van der Waals surface area contributed by atoms with Crippen molar-refractivity contribution in [1.82, 2.24) is 14.9 Å². The second kappa shape index (κ2) is 8.60. The van der Waals surface area contributed by atoms with E-state index in [-0.39, 0.29) is 0 Å². The topological polar surface area (TPSA) is 50.1 Å². The molecular formula is C17H25N3O. The number of aliphatic hydroxyl groups excluding tert-OH is 1. The van der Waals surface area contributed by atoms with E-state index in [0.717, 1.165) is 43.9 Å². The molecule has 1 heterocycles. The minimum atomic E-state index is 0.308. The number of aliphatic hydroxyl groups is 1. The largest absolute Gasteiger partial charge is 0.396 e. The third-order valence-electron chi connectivity index (χ3n) is 3.59. The fourth-order valence-corrected chi connectivity index (χ4v) is 2.48. The van der Waals surface area contributed by atoms with Crippen LogP contribution in [0.2, 0.25) is 0 Å². The van der Waals surface area contributed by atoms with Crippen molar-refractivity contribution in [2.24, 2.45) is 0 Å².